The van der Waals surface area contributed by atoms with E-state index in [1.165, 1.54) is 23.1 Å². The normalized spacial score (nSPS) is 22.9. The Balaban J connectivity index is 1.85. The summed E-state index contributed by atoms with van der Waals surface area (Å²) < 4.78 is 49.5. The van der Waals surface area contributed by atoms with E-state index >= 15 is 0 Å². The van der Waals surface area contributed by atoms with Crippen molar-refractivity contribution in [1.82, 2.24) is 9.21 Å². The first-order valence-electron chi connectivity index (χ1n) is 8.69. The smallest absolute Gasteiger partial charge is 0.269 e. The summed E-state index contributed by atoms with van der Waals surface area (Å²) in [5.41, 5.74) is 0.0455. The molecule has 1 saturated heterocycles. The topological polar surface area (TPSA) is 109 Å². The van der Waals surface area contributed by atoms with Crippen molar-refractivity contribution in [3.63, 3.8) is 0 Å². The van der Waals surface area contributed by atoms with Gasteiger partial charge in [-0.05, 0) is 24.5 Å². The number of sulfone groups is 1. The molecule has 1 aromatic carbocycles. The molecule has 2 aliphatic rings. The van der Waals surface area contributed by atoms with E-state index in [2.05, 4.69) is 0 Å². The van der Waals surface area contributed by atoms with E-state index in [1.54, 1.807) is 6.07 Å². The number of carbonyl (C=O) groups excluding carboxylic acids is 2. The molecule has 1 fully saturated rings. The minimum absolute atomic E-state index is 0.00588. The molecule has 10 heteroatoms. The molecule has 27 heavy (non-hydrogen) atoms. The fourth-order valence-corrected chi connectivity index (χ4v) is 6.72. The Kier molecular flexibility index (Phi) is 5.06. The van der Waals surface area contributed by atoms with E-state index in [-0.39, 0.29) is 27.9 Å². The Hall–Kier alpha value is -1.94. The number of hydrogen-bond donors (Lipinski definition) is 0. The molecule has 0 spiro atoms. The Morgan fingerprint density at radius 1 is 1.22 bits per heavy atom. The Morgan fingerprint density at radius 2 is 1.89 bits per heavy atom. The van der Waals surface area contributed by atoms with Crippen molar-refractivity contribution in [2.75, 3.05) is 24.6 Å². The standard InChI is InChI=1S/C17H22N2O6S2/c1-12(2)9-18(13-7-8-26(22,23)11-13)16(20)10-19-17(21)14-5-3-4-6-15(14)27(19,24)25/h3-6,12-13H,7-11H2,1-2H3/t13-/m1/s1. The lowest BCUT2D eigenvalue weighted by Gasteiger charge is -2.31. The summed E-state index contributed by atoms with van der Waals surface area (Å²) in [6.07, 6.45) is 0.321. The van der Waals surface area contributed by atoms with Gasteiger partial charge in [-0.25, -0.2) is 21.1 Å². The number of nitrogens with zero attached hydrogens (tertiary/aromatic N) is 2. The summed E-state index contributed by atoms with van der Waals surface area (Å²) >= 11 is 0. The van der Waals surface area contributed by atoms with Crippen molar-refractivity contribution in [1.29, 1.82) is 0 Å². The average Bonchev–Trinajstić information content (AvgIpc) is 3.03. The Bertz CT molecular complexity index is 984. The van der Waals surface area contributed by atoms with Gasteiger partial charge >= 0.3 is 0 Å². The SMILES string of the molecule is CC(C)CN(C(=O)CN1C(=O)c2ccccc2S1(=O)=O)[C@@H]1CCS(=O)(=O)C1. The maximum Gasteiger partial charge on any atom is 0.269 e. The van der Waals surface area contributed by atoms with Crippen LogP contribution in [0.25, 0.3) is 0 Å². The van der Waals surface area contributed by atoms with E-state index in [0.717, 1.165) is 0 Å². The molecule has 0 N–H and O–H groups in total. The zero-order chi connectivity index (χ0) is 20.0. The van der Waals surface area contributed by atoms with Gasteiger partial charge in [0.2, 0.25) is 5.91 Å². The molecule has 0 bridgehead atoms. The molecule has 8 nitrogen and oxygen atoms in total. The molecular weight excluding hydrogens is 392 g/mol. The van der Waals surface area contributed by atoms with Crippen molar-refractivity contribution in [2.45, 2.75) is 31.2 Å². The minimum Gasteiger partial charge on any atom is -0.337 e. The van der Waals surface area contributed by atoms with Crippen LogP contribution < -0.4 is 0 Å². The highest BCUT2D eigenvalue weighted by atomic mass is 32.2. The summed E-state index contributed by atoms with van der Waals surface area (Å²) in [5, 5.41) is 0. The number of fused-ring (bicyclic) bond motifs is 1. The first kappa shape index (κ1) is 19.8. The van der Waals surface area contributed by atoms with E-state index in [9.17, 15) is 26.4 Å². The maximum atomic E-state index is 12.9. The van der Waals surface area contributed by atoms with Gasteiger partial charge in [0, 0.05) is 12.6 Å². The molecule has 2 amide bonds. The molecule has 3 rings (SSSR count). The van der Waals surface area contributed by atoms with Gasteiger partial charge in [0.1, 0.15) is 11.4 Å². The zero-order valence-electron chi connectivity index (χ0n) is 15.2. The molecule has 1 atom stereocenters. The third-order valence-electron chi connectivity index (χ3n) is 4.72. The number of amides is 2. The van der Waals surface area contributed by atoms with Crippen LogP contribution in [0.15, 0.2) is 29.2 Å². The quantitative estimate of drug-likeness (QED) is 0.694. The number of hydrogen-bond acceptors (Lipinski definition) is 6. The molecule has 0 radical (unpaired) electrons. The zero-order valence-corrected chi connectivity index (χ0v) is 16.8. The molecule has 2 heterocycles. The van der Waals surface area contributed by atoms with Gasteiger partial charge in [0.25, 0.3) is 15.9 Å². The van der Waals surface area contributed by atoms with Crippen molar-refractivity contribution in [3.8, 4) is 0 Å². The molecule has 0 aliphatic carbocycles. The molecular formula is C17H22N2O6S2. The van der Waals surface area contributed by atoms with Crippen LogP contribution in [0.3, 0.4) is 0 Å². The van der Waals surface area contributed by atoms with Gasteiger partial charge < -0.3 is 4.90 Å². The second-order valence-corrected chi connectivity index (χ2v) is 11.4. The number of carbonyl (C=O) groups is 2. The molecule has 2 aliphatic heterocycles. The van der Waals surface area contributed by atoms with Crippen molar-refractivity contribution < 1.29 is 26.4 Å². The summed E-state index contributed by atoms with van der Waals surface area (Å²) in [5.74, 6) is -1.35. The summed E-state index contributed by atoms with van der Waals surface area (Å²) in [4.78, 5) is 26.7. The van der Waals surface area contributed by atoms with Crippen molar-refractivity contribution >= 4 is 31.7 Å². The van der Waals surface area contributed by atoms with Crippen LogP contribution in [0.4, 0.5) is 0 Å². The fourth-order valence-electron chi connectivity index (χ4n) is 3.47. The highest BCUT2D eigenvalue weighted by Crippen LogP contribution is 2.30. The highest BCUT2D eigenvalue weighted by Gasteiger charge is 2.43. The van der Waals surface area contributed by atoms with Gasteiger partial charge in [-0.3, -0.25) is 9.59 Å². The molecule has 0 unspecified atom stereocenters. The summed E-state index contributed by atoms with van der Waals surface area (Å²) in [7, 11) is -7.29. The molecule has 148 valence electrons. The van der Waals surface area contributed by atoms with Crippen LogP contribution in [-0.2, 0) is 24.7 Å². The Labute approximate surface area is 159 Å². The maximum absolute atomic E-state index is 12.9. The summed E-state index contributed by atoms with van der Waals surface area (Å²) in [6, 6.07) is 5.33. The van der Waals surface area contributed by atoms with E-state index in [1.807, 2.05) is 13.8 Å². The lowest BCUT2D eigenvalue weighted by molar-refractivity contribution is -0.133. The van der Waals surface area contributed by atoms with Gasteiger partial charge in [-0.1, -0.05) is 26.0 Å². The van der Waals surface area contributed by atoms with Crippen molar-refractivity contribution in [3.05, 3.63) is 29.8 Å². The highest BCUT2D eigenvalue weighted by molar-refractivity contribution is 7.91. The van der Waals surface area contributed by atoms with Gasteiger partial charge in [-0.2, -0.15) is 0 Å². The van der Waals surface area contributed by atoms with Crippen LogP contribution in [0.5, 0.6) is 0 Å². The van der Waals surface area contributed by atoms with Crippen LogP contribution in [0.1, 0.15) is 30.6 Å². The minimum atomic E-state index is -4.08. The number of rotatable bonds is 5. The second kappa shape index (κ2) is 6.90. The van der Waals surface area contributed by atoms with Crippen LogP contribution in [0.2, 0.25) is 0 Å². The average molecular weight is 415 g/mol. The predicted octanol–water partition coefficient (Wildman–Crippen LogP) is 0.503. The van der Waals surface area contributed by atoms with E-state index in [4.69, 9.17) is 0 Å². The molecule has 1 aromatic rings. The second-order valence-electron chi connectivity index (χ2n) is 7.31. The fraction of sp³-hybridized carbons (Fsp3) is 0.529. The van der Waals surface area contributed by atoms with Gasteiger partial charge in [0.05, 0.1) is 17.1 Å². The van der Waals surface area contributed by atoms with Crippen LogP contribution >= 0.6 is 0 Å². The van der Waals surface area contributed by atoms with Gasteiger partial charge in [-0.15, -0.1) is 0 Å². The van der Waals surface area contributed by atoms with E-state index in [0.29, 0.717) is 17.3 Å². The predicted molar refractivity (Wildman–Crippen MR) is 98.3 cm³/mol. The van der Waals surface area contributed by atoms with Crippen molar-refractivity contribution in [2.24, 2.45) is 5.92 Å². The number of benzene rings is 1. The monoisotopic (exact) mass is 414 g/mol. The van der Waals surface area contributed by atoms with Crippen LogP contribution in [-0.4, -0.2) is 68.5 Å². The first-order valence-corrected chi connectivity index (χ1v) is 11.9. The largest absolute Gasteiger partial charge is 0.337 e. The van der Waals surface area contributed by atoms with Crippen LogP contribution in [0, 0.1) is 5.92 Å². The third kappa shape index (κ3) is 3.73. The Morgan fingerprint density at radius 3 is 2.44 bits per heavy atom. The molecule has 0 aromatic heterocycles. The lowest BCUT2D eigenvalue weighted by atomic mass is 10.1. The van der Waals surface area contributed by atoms with Gasteiger partial charge in [0.15, 0.2) is 9.84 Å². The number of sulfonamides is 1. The van der Waals surface area contributed by atoms with E-state index < -0.39 is 44.3 Å². The summed E-state index contributed by atoms with van der Waals surface area (Å²) in [6.45, 7) is 3.45. The molecule has 0 saturated carbocycles. The third-order valence-corrected chi connectivity index (χ3v) is 8.26. The first-order chi connectivity index (χ1) is 12.5. The lowest BCUT2D eigenvalue weighted by Crippen LogP contribution is -2.48.